The number of rotatable bonds is 4. The van der Waals surface area contributed by atoms with E-state index < -0.39 is 0 Å². The van der Waals surface area contributed by atoms with Gasteiger partial charge in [0.1, 0.15) is 17.4 Å². The summed E-state index contributed by atoms with van der Waals surface area (Å²) in [5.74, 6) is 2.12. The topological polar surface area (TPSA) is 85.8 Å². The van der Waals surface area contributed by atoms with Gasteiger partial charge in [0.25, 0.3) is 0 Å². The van der Waals surface area contributed by atoms with E-state index in [-0.39, 0.29) is 12.3 Å². The van der Waals surface area contributed by atoms with Gasteiger partial charge in [-0.2, -0.15) is 5.10 Å². The van der Waals surface area contributed by atoms with Gasteiger partial charge >= 0.3 is 0 Å². The Labute approximate surface area is 139 Å². The molecule has 7 nitrogen and oxygen atoms in total. The van der Waals surface area contributed by atoms with E-state index in [0.717, 1.165) is 34.3 Å². The fourth-order valence-electron chi connectivity index (χ4n) is 2.57. The Bertz CT molecular complexity index is 858. The normalized spacial score (nSPS) is 10.8. The van der Waals surface area contributed by atoms with Crippen LogP contribution in [0.2, 0.25) is 0 Å². The van der Waals surface area contributed by atoms with Crippen LogP contribution in [0.4, 0.5) is 5.69 Å². The summed E-state index contributed by atoms with van der Waals surface area (Å²) in [6.45, 7) is 7.39. The Kier molecular flexibility index (Phi) is 4.16. The molecular formula is C17H19N5O2. The first kappa shape index (κ1) is 15.9. The van der Waals surface area contributed by atoms with Crippen molar-refractivity contribution in [2.75, 3.05) is 5.32 Å². The van der Waals surface area contributed by atoms with Crippen LogP contribution in [0.15, 0.2) is 28.8 Å². The number of hydrogen-bond acceptors (Lipinski definition) is 5. The number of nitrogens with one attached hydrogen (secondary N) is 1. The molecule has 0 radical (unpaired) electrons. The van der Waals surface area contributed by atoms with E-state index >= 15 is 0 Å². The minimum atomic E-state index is -0.107. The number of aryl methyl sites for hydroxylation is 4. The maximum atomic E-state index is 12.2. The number of nitrogens with zero attached hydrogens (tertiary/aromatic N) is 4. The fourth-order valence-corrected chi connectivity index (χ4v) is 2.57. The molecule has 0 aliphatic heterocycles. The zero-order valence-electron chi connectivity index (χ0n) is 14.1. The van der Waals surface area contributed by atoms with Crippen molar-refractivity contribution in [3.05, 3.63) is 52.9 Å². The van der Waals surface area contributed by atoms with E-state index in [4.69, 9.17) is 4.52 Å². The molecule has 0 aliphatic rings. The summed E-state index contributed by atoms with van der Waals surface area (Å²) in [5.41, 5.74) is 3.20. The first-order valence-corrected chi connectivity index (χ1v) is 7.66. The lowest BCUT2D eigenvalue weighted by Gasteiger charge is -2.07. The maximum Gasteiger partial charge on any atom is 0.228 e. The van der Waals surface area contributed by atoms with Gasteiger partial charge in [-0.15, -0.1) is 0 Å². The highest BCUT2D eigenvalue weighted by Crippen LogP contribution is 2.16. The highest BCUT2D eigenvalue weighted by molar-refractivity contribution is 5.92. The number of carbonyl (C=O) groups excluding carboxylic acids is 1. The molecular weight excluding hydrogens is 306 g/mol. The lowest BCUT2D eigenvalue weighted by Crippen LogP contribution is -2.15. The lowest BCUT2D eigenvalue weighted by molar-refractivity contribution is -0.115. The molecule has 0 aliphatic carbocycles. The molecule has 2 aromatic heterocycles. The lowest BCUT2D eigenvalue weighted by atomic mass is 10.1. The first-order valence-electron chi connectivity index (χ1n) is 7.66. The third kappa shape index (κ3) is 3.19. The SMILES string of the molecule is Cc1nc(C)n(-c2ccc(NC(=O)Cc3c(C)noc3C)cc2)n1. The van der Waals surface area contributed by atoms with E-state index in [1.165, 1.54) is 0 Å². The van der Waals surface area contributed by atoms with Crippen molar-refractivity contribution in [2.24, 2.45) is 0 Å². The monoisotopic (exact) mass is 325 g/mol. The summed E-state index contributed by atoms with van der Waals surface area (Å²) in [6, 6.07) is 7.48. The van der Waals surface area contributed by atoms with E-state index in [1.54, 1.807) is 11.6 Å². The van der Waals surface area contributed by atoms with Crippen molar-refractivity contribution in [1.82, 2.24) is 19.9 Å². The van der Waals surface area contributed by atoms with E-state index in [1.807, 2.05) is 45.0 Å². The number of benzene rings is 1. The van der Waals surface area contributed by atoms with Crippen LogP contribution in [0.5, 0.6) is 0 Å². The number of amides is 1. The van der Waals surface area contributed by atoms with Crippen LogP contribution >= 0.6 is 0 Å². The zero-order chi connectivity index (χ0) is 17.3. The summed E-state index contributed by atoms with van der Waals surface area (Å²) in [4.78, 5) is 16.5. The van der Waals surface area contributed by atoms with Crippen molar-refractivity contribution in [3.8, 4) is 5.69 Å². The van der Waals surface area contributed by atoms with Crippen molar-refractivity contribution in [3.63, 3.8) is 0 Å². The molecule has 0 saturated carbocycles. The Balaban J connectivity index is 1.70. The van der Waals surface area contributed by atoms with Crippen LogP contribution in [0.3, 0.4) is 0 Å². The Morgan fingerprint density at radius 3 is 2.42 bits per heavy atom. The smallest absolute Gasteiger partial charge is 0.228 e. The van der Waals surface area contributed by atoms with Crippen LogP contribution in [0.25, 0.3) is 5.69 Å². The van der Waals surface area contributed by atoms with Crippen molar-refractivity contribution in [1.29, 1.82) is 0 Å². The molecule has 0 spiro atoms. The van der Waals surface area contributed by atoms with Crippen LogP contribution in [-0.4, -0.2) is 25.8 Å². The van der Waals surface area contributed by atoms with E-state index in [9.17, 15) is 4.79 Å². The van der Waals surface area contributed by atoms with Crippen molar-refractivity contribution < 1.29 is 9.32 Å². The average molecular weight is 325 g/mol. The highest BCUT2D eigenvalue weighted by atomic mass is 16.5. The molecule has 0 atom stereocenters. The predicted molar refractivity (Wildman–Crippen MR) is 89.1 cm³/mol. The minimum absolute atomic E-state index is 0.107. The summed E-state index contributed by atoms with van der Waals surface area (Å²) in [7, 11) is 0. The fraction of sp³-hybridized carbons (Fsp3) is 0.294. The van der Waals surface area contributed by atoms with Gasteiger partial charge in [0, 0.05) is 11.3 Å². The molecule has 1 amide bonds. The summed E-state index contributed by atoms with van der Waals surface area (Å²) >= 11 is 0. The van der Waals surface area contributed by atoms with Crippen LogP contribution in [-0.2, 0) is 11.2 Å². The second kappa shape index (κ2) is 6.27. The molecule has 24 heavy (non-hydrogen) atoms. The number of aromatic nitrogens is 4. The molecule has 0 saturated heterocycles. The van der Waals surface area contributed by atoms with Crippen molar-refractivity contribution >= 4 is 11.6 Å². The van der Waals surface area contributed by atoms with E-state index in [2.05, 4.69) is 20.6 Å². The van der Waals surface area contributed by atoms with Crippen LogP contribution in [0.1, 0.15) is 28.7 Å². The van der Waals surface area contributed by atoms with Gasteiger partial charge in [0.15, 0.2) is 0 Å². The second-order valence-corrected chi connectivity index (χ2v) is 5.69. The molecule has 124 valence electrons. The Hall–Kier alpha value is -2.96. The zero-order valence-corrected chi connectivity index (χ0v) is 14.1. The summed E-state index contributed by atoms with van der Waals surface area (Å²) < 4.78 is 6.85. The minimum Gasteiger partial charge on any atom is -0.361 e. The summed E-state index contributed by atoms with van der Waals surface area (Å²) in [6.07, 6.45) is 0.240. The van der Waals surface area contributed by atoms with Gasteiger partial charge in [-0.1, -0.05) is 5.16 Å². The molecule has 1 N–H and O–H groups in total. The first-order chi connectivity index (χ1) is 11.4. The number of hydrogen-bond donors (Lipinski definition) is 1. The molecule has 3 aromatic rings. The molecule has 0 unspecified atom stereocenters. The number of anilines is 1. The molecule has 3 rings (SSSR count). The highest BCUT2D eigenvalue weighted by Gasteiger charge is 2.13. The van der Waals surface area contributed by atoms with Gasteiger partial charge < -0.3 is 9.84 Å². The van der Waals surface area contributed by atoms with Gasteiger partial charge in [0.2, 0.25) is 5.91 Å². The Morgan fingerprint density at radius 2 is 1.88 bits per heavy atom. The second-order valence-electron chi connectivity index (χ2n) is 5.69. The van der Waals surface area contributed by atoms with Crippen LogP contribution in [0, 0.1) is 27.7 Å². The molecule has 7 heteroatoms. The van der Waals surface area contributed by atoms with Crippen molar-refractivity contribution in [2.45, 2.75) is 34.1 Å². The molecule has 0 fully saturated rings. The number of carbonyl (C=O) groups is 1. The third-order valence-electron chi connectivity index (χ3n) is 3.79. The third-order valence-corrected chi connectivity index (χ3v) is 3.79. The summed E-state index contributed by atoms with van der Waals surface area (Å²) in [5, 5.41) is 11.1. The van der Waals surface area contributed by atoms with Gasteiger partial charge in [-0.25, -0.2) is 9.67 Å². The van der Waals surface area contributed by atoms with E-state index in [0.29, 0.717) is 5.76 Å². The van der Waals surface area contributed by atoms with Gasteiger partial charge in [-0.05, 0) is 52.0 Å². The molecule has 1 aromatic carbocycles. The Morgan fingerprint density at radius 1 is 1.17 bits per heavy atom. The molecule has 2 heterocycles. The van der Waals surface area contributed by atoms with Gasteiger partial charge in [-0.3, -0.25) is 4.79 Å². The maximum absolute atomic E-state index is 12.2. The largest absolute Gasteiger partial charge is 0.361 e. The standard InChI is InChI=1S/C17H19N5O2/c1-10-16(11(2)24-21-10)9-17(23)19-14-5-7-15(8-6-14)22-13(4)18-12(3)20-22/h5-8H,9H2,1-4H3,(H,19,23). The average Bonchev–Trinajstić information content (AvgIpc) is 3.04. The van der Waals surface area contributed by atoms with Gasteiger partial charge in [0.05, 0.1) is 17.8 Å². The predicted octanol–water partition coefficient (Wildman–Crippen LogP) is 2.67. The molecule has 0 bridgehead atoms. The quantitative estimate of drug-likeness (QED) is 0.797. The van der Waals surface area contributed by atoms with Crippen LogP contribution < -0.4 is 5.32 Å².